The normalized spacial score (nSPS) is 15.7. The van der Waals surface area contributed by atoms with Gasteiger partial charge in [0.1, 0.15) is 23.9 Å². The average molecular weight is 725 g/mol. The van der Waals surface area contributed by atoms with Gasteiger partial charge < -0.3 is 38.6 Å². The Labute approximate surface area is 313 Å². The summed E-state index contributed by atoms with van der Waals surface area (Å²) >= 11 is 0. The number of carbonyl (C=O) groups excluding carboxylic acids is 2. The standard InChI is InChI=1S/C43H52N2O8/c1-43(2,3)53-42(48)45-26-24-44(25-27-45)41(47)40(52-31-36-22-14-7-15-23-36)39(51-30-35-20-12-6-13-21-35)38(50-29-34-18-10-5-11-19-34)37(46)32-49-28-33-16-8-4-9-17-33/h4-23,37-40,46H,24-32H2,1-3H3/t37-,38-,39+,40-/m1/s1. The number of rotatable bonds is 17. The van der Waals surface area contributed by atoms with E-state index in [4.69, 9.17) is 23.7 Å². The third-order valence-corrected chi connectivity index (χ3v) is 8.73. The summed E-state index contributed by atoms with van der Waals surface area (Å²) in [6.07, 6.45) is -4.89. The van der Waals surface area contributed by atoms with Crippen molar-refractivity contribution in [2.24, 2.45) is 0 Å². The number of amides is 2. The maximum Gasteiger partial charge on any atom is 0.410 e. The molecule has 0 spiro atoms. The van der Waals surface area contributed by atoms with Crippen LogP contribution in [0.15, 0.2) is 121 Å². The quantitative estimate of drug-likeness (QED) is 0.133. The van der Waals surface area contributed by atoms with Crippen LogP contribution in [0.4, 0.5) is 4.79 Å². The van der Waals surface area contributed by atoms with Crippen LogP contribution in [0.1, 0.15) is 43.0 Å². The largest absolute Gasteiger partial charge is 0.444 e. The van der Waals surface area contributed by atoms with E-state index in [-0.39, 0.29) is 52.0 Å². The van der Waals surface area contributed by atoms with Crippen LogP contribution in [-0.4, -0.2) is 89.7 Å². The molecule has 10 nitrogen and oxygen atoms in total. The first kappa shape index (κ1) is 39.6. The number of benzene rings is 4. The summed E-state index contributed by atoms with van der Waals surface area (Å²) in [6, 6.07) is 38.6. The highest BCUT2D eigenvalue weighted by Crippen LogP contribution is 2.24. The third kappa shape index (κ3) is 12.8. The highest BCUT2D eigenvalue weighted by atomic mass is 16.6. The molecule has 53 heavy (non-hydrogen) atoms. The lowest BCUT2D eigenvalue weighted by molar-refractivity contribution is -0.196. The summed E-state index contributed by atoms with van der Waals surface area (Å²) in [5.74, 6) is -0.325. The van der Waals surface area contributed by atoms with Crippen molar-refractivity contribution in [3.05, 3.63) is 144 Å². The summed E-state index contributed by atoms with van der Waals surface area (Å²) in [4.78, 5) is 30.8. The molecule has 2 amide bonds. The molecule has 0 radical (unpaired) electrons. The second-order valence-electron chi connectivity index (χ2n) is 14.1. The minimum Gasteiger partial charge on any atom is -0.444 e. The number of aliphatic hydroxyl groups is 1. The van der Waals surface area contributed by atoms with E-state index in [1.54, 1.807) is 9.80 Å². The first-order chi connectivity index (χ1) is 25.7. The van der Waals surface area contributed by atoms with E-state index in [0.717, 1.165) is 22.3 Å². The van der Waals surface area contributed by atoms with Crippen LogP contribution in [0.5, 0.6) is 0 Å². The van der Waals surface area contributed by atoms with Gasteiger partial charge in [0, 0.05) is 26.2 Å². The molecule has 0 saturated carbocycles. The molecule has 0 bridgehead atoms. The molecule has 4 aromatic rings. The molecule has 0 aromatic heterocycles. The lowest BCUT2D eigenvalue weighted by Crippen LogP contribution is -2.59. The SMILES string of the molecule is CC(C)(C)OC(=O)N1CCN(C(=O)[C@H](OCc2ccccc2)[C@@H](OCc2ccccc2)[C@H](OCc2ccccc2)[C@H](O)COCc2ccccc2)CC1. The molecule has 10 heteroatoms. The molecule has 0 unspecified atom stereocenters. The molecule has 1 saturated heterocycles. The summed E-state index contributed by atoms with van der Waals surface area (Å²) in [5, 5.41) is 11.9. The maximum atomic E-state index is 14.7. The van der Waals surface area contributed by atoms with Crippen LogP contribution in [0, 0.1) is 0 Å². The zero-order valence-corrected chi connectivity index (χ0v) is 30.9. The molecule has 4 aromatic carbocycles. The van der Waals surface area contributed by atoms with Gasteiger partial charge in [-0.15, -0.1) is 0 Å². The average Bonchev–Trinajstić information content (AvgIpc) is 3.17. The summed E-state index contributed by atoms with van der Waals surface area (Å²) < 4.78 is 31.3. The van der Waals surface area contributed by atoms with Crippen molar-refractivity contribution in [1.82, 2.24) is 9.80 Å². The van der Waals surface area contributed by atoms with Gasteiger partial charge in [-0.05, 0) is 43.0 Å². The molecular formula is C43H52N2O8. The van der Waals surface area contributed by atoms with E-state index in [1.165, 1.54) is 0 Å². The van der Waals surface area contributed by atoms with E-state index in [9.17, 15) is 14.7 Å². The van der Waals surface area contributed by atoms with Gasteiger partial charge in [0.15, 0.2) is 6.10 Å². The molecule has 1 aliphatic heterocycles. The number of nitrogens with zero attached hydrogens (tertiary/aromatic N) is 2. The van der Waals surface area contributed by atoms with Crippen LogP contribution < -0.4 is 0 Å². The van der Waals surface area contributed by atoms with Crippen molar-refractivity contribution in [2.45, 2.75) is 77.2 Å². The zero-order chi connectivity index (χ0) is 37.5. The van der Waals surface area contributed by atoms with Gasteiger partial charge in [0.2, 0.25) is 0 Å². The fourth-order valence-corrected chi connectivity index (χ4v) is 5.96. The number of ether oxygens (including phenoxy) is 5. The van der Waals surface area contributed by atoms with Crippen molar-refractivity contribution in [3.8, 4) is 0 Å². The Kier molecular flexibility index (Phi) is 15.0. The van der Waals surface area contributed by atoms with Gasteiger partial charge in [-0.3, -0.25) is 4.79 Å². The molecule has 0 aliphatic carbocycles. The Morgan fingerprint density at radius 2 is 0.981 bits per heavy atom. The monoisotopic (exact) mass is 724 g/mol. The molecule has 1 heterocycles. The van der Waals surface area contributed by atoms with Crippen LogP contribution in [0.3, 0.4) is 0 Å². The van der Waals surface area contributed by atoms with Crippen molar-refractivity contribution in [2.75, 3.05) is 32.8 Å². The summed E-state index contributed by atoms with van der Waals surface area (Å²) in [7, 11) is 0. The molecular weight excluding hydrogens is 672 g/mol. The Hall–Kier alpha value is -4.58. The van der Waals surface area contributed by atoms with Crippen molar-refractivity contribution < 1.29 is 38.4 Å². The van der Waals surface area contributed by atoms with Gasteiger partial charge in [-0.2, -0.15) is 0 Å². The van der Waals surface area contributed by atoms with Crippen molar-refractivity contribution >= 4 is 12.0 Å². The van der Waals surface area contributed by atoms with Crippen LogP contribution in [0.25, 0.3) is 0 Å². The van der Waals surface area contributed by atoms with Gasteiger partial charge in [0.05, 0.1) is 33.0 Å². The van der Waals surface area contributed by atoms with E-state index in [1.807, 2.05) is 142 Å². The van der Waals surface area contributed by atoms with E-state index >= 15 is 0 Å². The van der Waals surface area contributed by atoms with E-state index < -0.39 is 36.1 Å². The summed E-state index contributed by atoms with van der Waals surface area (Å²) in [6.45, 7) is 7.23. The summed E-state index contributed by atoms with van der Waals surface area (Å²) in [5.41, 5.74) is 2.97. The van der Waals surface area contributed by atoms with Crippen molar-refractivity contribution in [3.63, 3.8) is 0 Å². The van der Waals surface area contributed by atoms with Crippen LogP contribution in [-0.2, 0) is 54.9 Å². The molecule has 1 N–H and O–H groups in total. The van der Waals surface area contributed by atoms with Crippen LogP contribution in [0.2, 0.25) is 0 Å². The highest BCUT2D eigenvalue weighted by molar-refractivity contribution is 5.82. The minimum atomic E-state index is -1.19. The molecule has 5 rings (SSSR count). The Morgan fingerprint density at radius 1 is 0.585 bits per heavy atom. The molecule has 1 aliphatic rings. The number of hydrogen-bond acceptors (Lipinski definition) is 8. The first-order valence-electron chi connectivity index (χ1n) is 18.2. The second-order valence-corrected chi connectivity index (χ2v) is 14.1. The maximum absolute atomic E-state index is 14.7. The number of aliphatic hydroxyl groups excluding tert-OH is 1. The lowest BCUT2D eigenvalue weighted by Gasteiger charge is -2.40. The fraction of sp³-hybridized carbons (Fsp3) is 0.395. The minimum absolute atomic E-state index is 0.0757. The van der Waals surface area contributed by atoms with E-state index in [2.05, 4.69) is 0 Å². The second kappa shape index (κ2) is 20.0. The van der Waals surface area contributed by atoms with Gasteiger partial charge >= 0.3 is 6.09 Å². The Bertz CT molecular complexity index is 1650. The van der Waals surface area contributed by atoms with Crippen LogP contribution >= 0.6 is 0 Å². The highest BCUT2D eigenvalue weighted by Gasteiger charge is 2.43. The molecule has 1 fully saturated rings. The zero-order valence-electron chi connectivity index (χ0n) is 30.9. The topological polar surface area (TPSA) is 107 Å². The van der Waals surface area contributed by atoms with Gasteiger partial charge in [-0.1, -0.05) is 121 Å². The predicted octanol–water partition coefficient (Wildman–Crippen LogP) is 6.40. The Balaban J connectivity index is 1.44. The Morgan fingerprint density at radius 3 is 1.43 bits per heavy atom. The van der Waals surface area contributed by atoms with Gasteiger partial charge in [0.25, 0.3) is 5.91 Å². The number of piperazine rings is 1. The first-order valence-corrected chi connectivity index (χ1v) is 18.2. The fourth-order valence-electron chi connectivity index (χ4n) is 5.96. The van der Waals surface area contributed by atoms with E-state index in [0.29, 0.717) is 13.1 Å². The number of carbonyl (C=O) groups is 2. The van der Waals surface area contributed by atoms with Crippen molar-refractivity contribution in [1.29, 1.82) is 0 Å². The van der Waals surface area contributed by atoms with Gasteiger partial charge in [-0.25, -0.2) is 4.79 Å². The number of hydrogen-bond donors (Lipinski definition) is 1. The molecule has 4 atom stereocenters. The lowest BCUT2D eigenvalue weighted by atomic mass is 10.00. The smallest absolute Gasteiger partial charge is 0.410 e. The predicted molar refractivity (Wildman–Crippen MR) is 202 cm³/mol. The third-order valence-electron chi connectivity index (χ3n) is 8.73. The molecule has 282 valence electrons.